The van der Waals surface area contributed by atoms with Crippen molar-refractivity contribution >= 4 is 11.9 Å². The van der Waals surface area contributed by atoms with E-state index in [1.165, 1.54) is 7.11 Å². The van der Waals surface area contributed by atoms with Gasteiger partial charge in [-0.2, -0.15) is 0 Å². The van der Waals surface area contributed by atoms with E-state index in [-0.39, 0.29) is 17.8 Å². The molecule has 1 aliphatic rings. The molecule has 1 fully saturated rings. The lowest BCUT2D eigenvalue weighted by Crippen LogP contribution is -2.41. The van der Waals surface area contributed by atoms with Gasteiger partial charge < -0.3 is 24.4 Å². The first-order valence-electron chi connectivity index (χ1n) is 8.78. The third kappa shape index (κ3) is 4.59. The minimum atomic E-state index is -0.156. The Morgan fingerprint density at radius 1 is 1.27 bits per heavy atom. The summed E-state index contributed by atoms with van der Waals surface area (Å²) in [6.45, 7) is 4.16. The second-order valence-corrected chi connectivity index (χ2v) is 6.41. The zero-order valence-corrected chi connectivity index (χ0v) is 16.2. The number of carbonyl (C=O) groups is 1. The van der Waals surface area contributed by atoms with Crippen molar-refractivity contribution in [2.75, 3.05) is 48.0 Å². The van der Waals surface area contributed by atoms with Crippen LogP contribution in [0.5, 0.6) is 11.5 Å². The van der Waals surface area contributed by atoms with Crippen LogP contribution in [0.3, 0.4) is 0 Å². The SMILES string of the molecule is CN=C(NCCc1cc(OC)ccc1OC)N1CC(C)C(C(=O)OC)C1. The van der Waals surface area contributed by atoms with Gasteiger partial charge in [0.05, 0.1) is 27.2 Å². The topological polar surface area (TPSA) is 72.4 Å². The third-order valence-corrected chi connectivity index (χ3v) is 4.79. The van der Waals surface area contributed by atoms with Crippen LogP contribution in [0.15, 0.2) is 23.2 Å². The van der Waals surface area contributed by atoms with Gasteiger partial charge in [-0.1, -0.05) is 6.92 Å². The summed E-state index contributed by atoms with van der Waals surface area (Å²) in [5, 5.41) is 3.37. The van der Waals surface area contributed by atoms with Gasteiger partial charge in [0.2, 0.25) is 0 Å². The highest BCUT2D eigenvalue weighted by molar-refractivity contribution is 5.82. The van der Waals surface area contributed by atoms with E-state index in [2.05, 4.69) is 22.1 Å². The molecule has 0 bridgehead atoms. The summed E-state index contributed by atoms with van der Waals surface area (Å²) in [7, 11) is 6.51. The quantitative estimate of drug-likeness (QED) is 0.470. The second-order valence-electron chi connectivity index (χ2n) is 6.41. The van der Waals surface area contributed by atoms with Gasteiger partial charge in [-0.25, -0.2) is 0 Å². The predicted octanol–water partition coefficient (Wildman–Crippen LogP) is 1.56. The molecule has 0 radical (unpaired) electrons. The van der Waals surface area contributed by atoms with E-state index < -0.39 is 0 Å². The van der Waals surface area contributed by atoms with Crippen molar-refractivity contribution in [2.24, 2.45) is 16.8 Å². The maximum Gasteiger partial charge on any atom is 0.310 e. The van der Waals surface area contributed by atoms with Crippen LogP contribution in [-0.4, -0.2) is 64.8 Å². The second kappa shape index (κ2) is 9.31. The lowest BCUT2D eigenvalue weighted by Gasteiger charge is -2.21. The monoisotopic (exact) mass is 363 g/mol. The number of likely N-dealkylation sites (tertiary alicyclic amines) is 1. The molecule has 0 aliphatic carbocycles. The van der Waals surface area contributed by atoms with Gasteiger partial charge in [0, 0.05) is 26.7 Å². The number of benzene rings is 1. The lowest BCUT2D eigenvalue weighted by molar-refractivity contribution is -0.145. The number of hydrogen-bond acceptors (Lipinski definition) is 5. The van der Waals surface area contributed by atoms with Crippen molar-refractivity contribution in [1.82, 2.24) is 10.2 Å². The summed E-state index contributed by atoms with van der Waals surface area (Å²) < 4.78 is 15.6. The molecule has 0 aromatic heterocycles. The summed E-state index contributed by atoms with van der Waals surface area (Å²) >= 11 is 0. The van der Waals surface area contributed by atoms with Crippen LogP contribution in [0, 0.1) is 11.8 Å². The van der Waals surface area contributed by atoms with Gasteiger partial charge in [0.25, 0.3) is 0 Å². The van der Waals surface area contributed by atoms with Crippen molar-refractivity contribution in [3.8, 4) is 11.5 Å². The molecule has 0 saturated carbocycles. The summed E-state index contributed by atoms with van der Waals surface area (Å²) in [5.41, 5.74) is 1.07. The summed E-state index contributed by atoms with van der Waals surface area (Å²) in [6.07, 6.45) is 0.767. The number of rotatable bonds is 6. The highest BCUT2D eigenvalue weighted by Gasteiger charge is 2.36. The zero-order valence-electron chi connectivity index (χ0n) is 16.2. The molecular formula is C19H29N3O4. The maximum absolute atomic E-state index is 11.9. The van der Waals surface area contributed by atoms with Gasteiger partial charge >= 0.3 is 5.97 Å². The molecule has 2 rings (SSSR count). The lowest BCUT2D eigenvalue weighted by atomic mass is 9.99. The molecule has 26 heavy (non-hydrogen) atoms. The van der Waals surface area contributed by atoms with E-state index in [9.17, 15) is 4.79 Å². The van der Waals surface area contributed by atoms with E-state index in [1.54, 1.807) is 21.3 Å². The van der Waals surface area contributed by atoms with E-state index in [1.807, 2.05) is 18.2 Å². The molecule has 2 atom stereocenters. The van der Waals surface area contributed by atoms with Crippen molar-refractivity contribution in [1.29, 1.82) is 0 Å². The fraction of sp³-hybridized carbons (Fsp3) is 0.579. The normalized spacial score (nSPS) is 20.0. The third-order valence-electron chi connectivity index (χ3n) is 4.79. The van der Waals surface area contributed by atoms with Gasteiger partial charge in [-0.3, -0.25) is 9.79 Å². The fourth-order valence-electron chi connectivity index (χ4n) is 3.32. The zero-order chi connectivity index (χ0) is 19.1. The van der Waals surface area contributed by atoms with Gasteiger partial charge in [-0.15, -0.1) is 0 Å². The van der Waals surface area contributed by atoms with E-state index in [0.29, 0.717) is 13.1 Å². The molecule has 1 aromatic rings. The number of aliphatic imine (C=N–C) groups is 1. The smallest absolute Gasteiger partial charge is 0.310 e. The Bertz CT molecular complexity index is 648. The molecule has 1 N–H and O–H groups in total. The van der Waals surface area contributed by atoms with Crippen molar-refractivity contribution < 1.29 is 19.0 Å². The highest BCUT2D eigenvalue weighted by atomic mass is 16.5. The van der Waals surface area contributed by atoms with E-state index >= 15 is 0 Å². The summed E-state index contributed by atoms with van der Waals surface area (Å²) in [5.74, 6) is 2.40. The Hall–Kier alpha value is -2.44. The average Bonchev–Trinajstić information content (AvgIpc) is 3.05. The van der Waals surface area contributed by atoms with Gasteiger partial charge in [0.15, 0.2) is 5.96 Å². The average molecular weight is 363 g/mol. The number of nitrogens with zero attached hydrogens (tertiary/aromatic N) is 2. The molecule has 144 valence electrons. The van der Waals surface area contributed by atoms with Crippen molar-refractivity contribution in [2.45, 2.75) is 13.3 Å². The Morgan fingerprint density at radius 3 is 2.65 bits per heavy atom. The van der Waals surface area contributed by atoms with Crippen molar-refractivity contribution in [3.05, 3.63) is 23.8 Å². The number of carbonyl (C=O) groups excluding carboxylic acids is 1. The molecule has 1 heterocycles. The number of methoxy groups -OCH3 is 3. The maximum atomic E-state index is 11.9. The first-order valence-corrected chi connectivity index (χ1v) is 8.78. The summed E-state index contributed by atoms with van der Waals surface area (Å²) in [6, 6.07) is 5.77. The number of esters is 1. The molecule has 0 spiro atoms. The first-order chi connectivity index (χ1) is 12.5. The Morgan fingerprint density at radius 2 is 2.04 bits per heavy atom. The minimum Gasteiger partial charge on any atom is -0.497 e. The standard InChI is InChI=1S/C19H29N3O4/c1-13-11-22(12-16(13)18(23)26-5)19(20-2)21-9-8-14-10-15(24-3)6-7-17(14)25-4/h6-7,10,13,16H,8-9,11-12H2,1-5H3,(H,20,21). The van der Waals surface area contributed by atoms with Crippen LogP contribution in [0.1, 0.15) is 12.5 Å². The van der Waals surface area contributed by atoms with E-state index in [0.717, 1.165) is 36.0 Å². The number of nitrogens with one attached hydrogen (secondary N) is 1. The highest BCUT2D eigenvalue weighted by Crippen LogP contribution is 2.25. The van der Waals surface area contributed by atoms with Crippen LogP contribution >= 0.6 is 0 Å². The molecule has 7 nitrogen and oxygen atoms in total. The Kier molecular flexibility index (Phi) is 7.12. The number of guanidine groups is 1. The minimum absolute atomic E-state index is 0.114. The molecule has 0 amide bonds. The molecular weight excluding hydrogens is 334 g/mol. The predicted molar refractivity (Wildman–Crippen MR) is 101 cm³/mol. The molecule has 1 aliphatic heterocycles. The Labute approximate surface area is 155 Å². The van der Waals surface area contributed by atoms with Crippen LogP contribution in [-0.2, 0) is 16.0 Å². The molecule has 1 saturated heterocycles. The number of ether oxygens (including phenoxy) is 3. The van der Waals surface area contributed by atoms with Crippen LogP contribution < -0.4 is 14.8 Å². The van der Waals surface area contributed by atoms with E-state index in [4.69, 9.17) is 14.2 Å². The largest absolute Gasteiger partial charge is 0.497 e. The van der Waals surface area contributed by atoms with Crippen LogP contribution in [0.2, 0.25) is 0 Å². The summed E-state index contributed by atoms with van der Waals surface area (Å²) in [4.78, 5) is 18.3. The fourth-order valence-corrected chi connectivity index (χ4v) is 3.32. The molecule has 1 aromatic carbocycles. The molecule has 2 unspecified atom stereocenters. The Balaban J connectivity index is 1.95. The first kappa shape index (κ1) is 19.9. The van der Waals surface area contributed by atoms with Crippen LogP contribution in [0.25, 0.3) is 0 Å². The van der Waals surface area contributed by atoms with Gasteiger partial charge in [0.1, 0.15) is 11.5 Å². The van der Waals surface area contributed by atoms with Crippen molar-refractivity contribution in [3.63, 3.8) is 0 Å². The number of hydrogen-bond donors (Lipinski definition) is 1. The van der Waals surface area contributed by atoms with Crippen LogP contribution in [0.4, 0.5) is 0 Å². The molecule has 7 heteroatoms. The van der Waals surface area contributed by atoms with Gasteiger partial charge in [-0.05, 0) is 36.1 Å².